The summed E-state index contributed by atoms with van der Waals surface area (Å²) in [6, 6.07) is 46.6. The van der Waals surface area contributed by atoms with Crippen LogP contribution in [0.1, 0.15) is 88.6 Å². The molecule has 0 unspecified atom stereocenters. The molecule has 2 aliphatic rings. The first-order chi connectivity index (χ1) is 27.0. The van der Waals surface area contributed by atoms with Gasteiger partial charge in [-0.1, -0.05) is 145 Å². The van der Waals surface area contributed by atoms with Gasteiger partial charge in [-0.3, -0.25) is 0 Å². The highest BCUT2D eigenvalue weighted by Crippen LogP contribution is 2.52. The maximum atomic E-state index is 4.00. The molecule has 1 N–H and O–H groups in total. The minimum absolute atomic E-state index is 0.0545. The number of benzene rings is 7. The van der Waals surface area contributed by atoms with Crippen LogP contribution in [0.3, 0.4) is 0 Å². The van der Waals surface area contributed by atoms with Gasteiger partial charge in [-0.25, -0.2) is 0 Å². The Morgan fingerprint density at radius 1 is 0.696 bits per heavy atom. The summed E-state index contributed by atoms with van der Waals surface area (Å²) in [4.78, 5) is 0. The number of hydrogen-bond acceptors (Lipinski definition) is 1. The number of rotatable bonds is 7. The number of unbranched alkanes of at least 4 members (excludes halogenated alkanes) is 2. The summed E-state index contributed by atoms with van der Waals surface area (Å²) in [7, 11) is 0.881. The van der Waals surface area contributed by atoms with Crippen LogP contribution in [-0.2, 0) is 17.3 Å². The second kappa shape index (κ2) is 12.7. The van der Waals surface area contributed by atoms with Gasteiger partial charge in [-0.05, 0) is 122 Å². The van der Waals surface area contributed by atoms with E-state index in [1.807, 2.05) is 0 Å². The van der Waals surface area contributed by atoms with E-state index >= 15 is 0 Å². The van der Waals surface area contributed by atoms with E-state index in [0.29, 0.717) is 0 Å². The summed E-state index contributed by atoms with van der Waals surface area (Å²) in [5, 5.41) is 9.34. The van der Waals surface area contributed by atoms with Crippen molar-refractivity contribution >= 4 is 62.2 Å². The Morgan fingerprint density at radius 3 is 2.29 bits per heavy atom. The van der Waals surface area contributed by atoms with Gasteiger partial charge in [0.05, 0.1) is 5.52 Å². The van der Waals surface area contributed by atoms with Crippen molar-refractivity contribution in [2.45, 2.75) is 85.0 Å². The molecule has 7 aromatic carbocycles. The Balaban J connectivity index is 1.25. The second-order valence-corrected chi connectivity index (χ2v) is 18.1. The highest BCUT2D eigenvalue weighted by Gasteiger charge is 2.37. The minimum Gasteiger partial charge on any atom is -0.355 e. The van der Waals surface area contributed by atoms with Crippen LogP contribution in [0.2, 0.25) is 0 Å². The van der Waals surface area contributed by atoms with Crippen LogP contribution in [0, 0.1) is 6.92 Å². The summed E-state index contributed by atoms with van der Waals surface area (Å²) in [5.74, 6) is 0. The van der Waals surface area contributed by atoms with Gasteiger partial charge < -0.3 is 9.88 Å². The van der Waals surface area contributed by atoms with Crippen LogP contribution >= 0.6 is 0 Å². The summed E-state index contributed by atoms with van der Waals surface area (Å²) in [6.07, 6.45) is 4.90. The third-order valence-corrected chi connectivity index (χ3v) is 13.1. The topological polar surface area (TPSA) is 17.0 Å². The summed E-state index contributed by atoms with van der Waals surface area (Å²) in [5.41, 5.74) is 21.2. The third kappa shape index (κ3) is 5.30. The van der Waals surface area contributed by atoms with E-state index in [0.717, 1.165) is 25.1 Å². The predicted molar refractivity (Wildman–Crippen MR) is 244 cm³/mol. The molecule has 0 radical (unpaired) electrons. The van der Waals surface area contributed by atoms with Crippen LogP contribution in [0.5, 0.6) is 0 Å². The van der Waals surface area contributed by atoms with Gasteiger partial charge in [0.1, 0.15) is 0 Å². The summed E-state index contributed by atoms with van der Waals surface area (Å²) in [6.45, 7) is 16.4. The quantitative estimate of drug-likeness (QED) is 0.128. The van der Waals surface area contributed by atoms with Gasteiger partial charge in [-0.2, -0.15) is 0 Å². The lowest BCUT2D eigenvalue weighted by atomic mass is 9.58. The molecule has 0 amide bonds. The van der Waals surface area contributed by atoms with Gasteiger partial charge in [0.15, 0.2) is 7.28 Å². The molecule has 1 aliphatic heterocycles. The van der Waals surface area contributed by atoms with Crippen molar-refractivity contribution < 1.29 is 0 Å². The molecule has 0 spiro atoms. The van der Waals surface area contributed by atoms with Gasteiger partial charge in [0.25, 0.3) is 0 Å². The van der Waals surface area contributed by atoms with Crippen molar-refractivity contribution in [2.24, 2.45) is 0 Å². The monoisotopic (exact) mass is 726 g/mol. The Hall–Kier alpha value is -5.54. The minimum atomic E-state index is -0.113. The second-order valence-electron chi connectivity index (χ2n) is 18.1. The van der Waals surface area contributed by atoms with Crippen molar-refractivity contribution in [2.75, 3.05) is 5.32 Å². The Kier molecular flexibility index (Phi) is 7.95. The van der Waals surface area contributed by atoms with Crippen LogP contribution < -0.4 is 16.2 Å². The van der Waals surface area contributed by atoms with Crippen molar-refractivity contribution in [3.63, 3.8) is 0 Å². The molecule has 8 aromatic rings. The number of aryl methyl sites for hydroxylation is 2. The molecule has 56 heavy (non-hydrogen) atoms. The molecule has 0 saturated carbocycles. The van der Waals surface area contributed by atoms with Gasteiger partial charge in [0.2, 0.25) is 0 Å². The molecular formula is C53H51BN2. The van der Waals surface area contributed by atoms with Crippen LogP contribution in [-0.4, -0.2) is 11.8 Å². The summed E-state index contributed by atoms with van der Waals surface area (Å²) < 4.78 is 2.60. The number of fused-ring (bicyclic) bond motifs is 10. The molecule has 1 aliphatic carbocycles. The van der Waals surface area contributed by atoms with Gasteiger partial charge >= 0.3 is 0 Å². The molecular weight excluding hydrogens is 675 g/mol. The lowest BCUT2D eigenvalue weighted by Crippen LogP contribution is -2.38. The fraction of sp³-hybridized carbons (Fsp3) is 0.245. The standard InChI is InChI=1S/C53H51BN2/c1-8-9-10-15-33-20-24-36(25-21-33)55-45-31-39-38-18-13-14-19-42(38)53(6,7)43(39)30-40(45)41-28-32(2)48-49-37-17-12-11-16-34(37)22-26-47(49)56-46-27-23-35(52(3,4)5)29-44(46)54-50(41)51(48)56/h11-14,16-31,54-55H,8-10,15H2,1-7H3. The molecule has 0 saturated heterocycles. The van der Waals surface area contributed by atoms with Crippen molar-refractivity contribution in [3.8, 4) is 27.9 Å². The highest BCUT2D eigenvalue weighted by molar-refractivity contribution is 6.73. The first kappa shape index (κ1) is 34.9. The highest BCUT2D eigenvalue weighted by atomic mass is 15.0. The zero-order valence-corrected chi connectivity index (χ0v) is 34.0. The number of nitrogens with zero attached hydrogens (tertiary/aromatic N) is 1. The van der Waals surface area contributed by atoms with Crippen molar-refractivity contribution in [3.05, 3.63) is 149 Å². The van der Waals surface area contributed by atoms with E-state index in [9.17, 15) is 0 Å². The molecule has 0 bridgehead atoms. The maximum absolute atomic E-state index is 4.00. The zero-order valence-electron chi connectivity index (χ0n) is 34.0. The smallest absolute Gasteiger partial charge is 0.198 e. The van der Waals surface area contributed by atoms with E-state index in [2.05, 4.69) is 180 Å². The van der Waals surface area contributed by atoms with Crippen LogP contribution in [0.4, 0.5) is 11.4 Å². The first-order valence-electron chi connectivity index (χ1n) is 20.8. The molecule has 0 atom stereocenters. The molecule has 0 fully saturated rings. The van der Waals surface area contributed by atoms with E-state index < -0.39 is 0 Å². The number of aromatic nitrogens is 1. The first-order valence-corrected chi connectivity index (χ1v) is 20.8. The predicted octanol–water partition coefficient (Wildman–Crippen LogP) is 12.7. The number of nitrogens with one attached hydrogen (secondary N) is 1. The molecule has 2 nitrogen and oxygen atoms in total. The normalized spacial score (nSPS) is 13.8. The molecule has 2 heterocycles. The van der Waals surface area contributed by atoms with Crippen molar-refractivity contribution in [1.29, 1.82) is 0 Å². The lowest BCUT2D eigenvalue weighted by molar-refractivity contribution is 0.590. The molecule has 3 heteroatoms. The van der Waals surface area contributed by atoms with E-state index in [1.165, 1.54) is 119 Å². The molecule has 1 aromatic heterocycles. The number of hydrogen-bond donors (Lipinski definition) is 1. The molecule has 10 rings (SSSR count). The Labute approximate surface area is 332 Å². The lowest BCUT2D eigenvalue weighted by Gasteiger charge is -2.28. The largest absolute Gasteiger partial charge is 0.355 e. The van der Waals surface area contributed by atoms with Gasteiger partial charge in [0, 0.05) is 44.3 Å². The van der Waals surface area contributed by atoms with E-state index in [1.54, 1.807) is 0 Å². The summed E-state index contributed by atoms with van der Waals surface area (Å²) >= 11 is 0. The zero-order chi connectivity index (χ0) is 38.5. The van der Waals surface area contributed by atoms with Crippen molar-refractivity contribution in [1.82, 2.24) is 4.57 Å². The average molecular weight is 727 g/mol. The van der Waals surface area contributed by atoms with E-state index in [-0.39, 0.29) is 10.8 Å². The van der Waals surface area contributed by atoms with Crippen LogP contribution in [0.15, 0.2) is 121 Å². The Bertz CT molecular complexity index is 2880. The van der Waals surface area contributed by atoms with Crippen LogP contribution in [0.25, 0.3) is 60.5 Å². The number of anilines is 2. The molecule has 276 valence electrons. The maximum Gasteiger partial charge on any atom is 0.198 e. The SMILES string of the molecule is CCCCCc1ccc(Nc2cc3c(cc2-c2cc(C)c4c5c6ccccc6ccc5n5c4c2Bc2cc(C(C)(C)C)ccc2-5)C(C)(C)c2ccccc2-3)cc1. The third-order valence-electron chi connectivity index (χ3n) is 13.1. The van der Waals surface area contributed by atoms with Gasteiger partial charge in [-0.15, -0.1) is 0 Å². The fourth-order valence-corrected chi connectivity index (χ4v) is 10.1. The average Bonchev–Trinajstić information content (AvgIpc) is 3.66. The van der Waals surface area contributed by atoms with E-state index in [4.69, 9.17) is 0 Å². The fourth-order valence-electron chi connectivity index (χ4n) is 10.1. The Morgan fingerprint density at radius 2 is 1.48 bits per heavy atom.